The highest BCUT2D eigenvalue weighted by Gasteiger charge is 2.34. The van der Waals surface area contributed by atoms with Gasteiger partial charge in [-0.3, -0.25) is 9.69 Å². The van der Waals surface area contributed by atoms with Crippen LogP contribution in [0.25, 0.3) is 6.08 Å². The Labute approximate surface area is 187 Å². The summed E-state index contributed by atoms with van der Waals surface area (Å²) in [5.41, 5.74) is 4.83. The van der Waals surface area contributed by atoms with Crippen LogP contribution >= 0.6 is 11.8 Å². The molecule has 1 aliphatic rings. The molecule has 1 saturated heterocycles. The average molecular weight is 429 g/mol. The zero-order valence-corrected chi connectivity index (χ0v) is 18.4. The number of aliphatic imine (C=N–C) groups is 1. The smallest absolute Gasteiger partial charge is 0.271 e. The Morgan fingerprint density at radius 1 is 0.935 bits per heavy atom. The first-order valence-electron chi connectivity index (χ1n) is 10.4. The molecule has 31 heavy (non-hydrogen) atoms. The van der Waals surface area contributed by atoms with Gasteiger partial charge in [0.25, 0.3) is 5.91 Å². The van der Waals surface area contributed by atoms with Crippen LogP contribution in [-0.4, -0.2) is 16.2 Å². The number of phenols is 1. The van der Waals surface area contributed by atoms with Gasteiger partial charge >= 0.3 is 0 Å². The molecule has 0 radical (unpaired) electrons. The molecule has 0 saturated carbocycles. The molecule has 0 bridgehead atoms. The lowest BCUT2D eigenvalue weighted by molar-refractivity contribution is -0.113. The van der Waals surface area contributed by atoms with E-state index < -0.39 is 0 Å². The second-order valence-corrected chi connectivity index (χ2v) is 8.29. The minimum Gasteiger partial charge on any atom is -0.508 e. The van der Waals surface area contributed by atoms with Crippen LogP contribution in [0, 0.1) is 0 Å². The van der Waals surface area contributed by atoms with E-state index in [4.69, 9.17) is 4.99 Å². The summed E-state index contributed by atoms with van der Waals surface area (Å²) in [4.78, 5) is 20.4. The normalized spacial score (nSPS) is 16.5. The van der Waals surface area contributed by atoms with Crippen LogP contribution in [0.4, 0.5) is 11.4 Å². The first-order chi connectivity index (χ1) is 15.1. The van der Waals surface area contributed by atoms with Crippen LogP contribution in [0.15, 0.2) is 82.7 Å². The van der Waals surface area contributed by atoms with Gasteiger partial charge in [-0.15, -0.1) is 0 Å². The van der Waals surface area contributed by atoms with Gasteiger partial charge in [-0.1, -0.05) is 50.2 Å². The summed E-state index contributed by atoms with van der Waals surface area (Å²) in [6.45, 7) is 4.22. The molecular formula is C26H24N2O2S. The number of amides is 1. The van der Waals surface area contributed by atoms with E-state index >= 15 is 0 Å². The number of anilines is 1. The quantitative estimate of drug-likeness (QED) is 0.484. The molecular weight excluding hydrogens is 404 g/mol. The van der Waals surface area contributed by atoms with Crippen molar-refractivity contribution in [3.8, 4) is 5.75 Å². The number of rotatable bonds is 5. The van der Waals surface area contributed by atoms with E-state index in [1.54, 1.807) is 29.2 Å². The van der Waals surface area contributed by atoms with E-state index in [0.29, 0.717) is 10.1 Å². The maximum Gasteiger partial charge on any atom is 0.271 e. The number of hydrogen-bond donors (Lipinski definition) is 1. The number of benzene rings is 3. The molecule has 0 atom stereocenters. The van der Waals surface area contributed by atoms with E-state index in [1.165, 1.54) is 22.9 Å². The molecule has 3 aromatic carbocycles. The lowest BCUT2D eigenvalue weighted by atomic mass is 10.1. The molecule has 0 aromatic heterocycles. The summed E-state index contributed by atoms with van der Waals surface area (Å²) in [6, 6.07) is 23.0. The van der Waals surface area contributed by atoms with Crippen LogP contribution in [0.1, 0.15) is 30.5 Å². The van der Waals surface area contributed by atoms with Crippen molar-refractivity contribution in [2.75, 3.05) is 4.90 Å². The van der Waals surface area contributed by atoms with Crippen molar-refractivity contribution >= 4 is 40.3 Å². The van der Waals surface area contributed by atoms with Crippen LogP contribution in [-0.2, 0) is 17.6 Å². The fourth-order valence-corrected chi connectivity index (χ4v) is 4.34. The van der Waals surface area contributed by atoms with E-state index in [1.807, 2.05) is 42.5 Å². The van der Waals surface area contributed by atoms with Crippen LogP contribution in [0.3, 0.4) is 0 Å². The van der Waals surface area contributed by atoms with Gasteiger partial charge in [0.15, 0.2) is 5.17 Å². The second kappa shape index (κ2) is 9.23. The molecule has 5 heteroatoms. The third-order valence-corrected chi connectivity index (χ3v) is 6.12. The number of hydrogen-bond acceptors (Lipinski definition) is 4. The Hall–Kier alpha value is -3.31. The number of carbonyl (C=O) groups is 1. The Morgan fingerprint density at radius 3 is 2.19 bits per heavy atom. The molecule has 1 amide bonds. The van der Waals surface area contributed by atoms with Gasteiger partial charge in [0.05, 0.1) is 16.3 Å². The number of amidine groups is 1. The standard InChI is InChI=1S/C26H24N2O2S/c1-3-18-8-12-21(13-9-18)27-26-28(22-14-10-19(4-2)11-15-22)25(30)24(31-26)17-20-6-5-7-23(29)16-20/h5-17,29H,3-4H2,1-2H3. The Kier molecular flexibility index (Phi) is 6.23. The van der Waals surface area contributed by atoms with Crippen molar-refractivity contribution in [2.45, 2.75) is 26.7 Å². The van der Waals surface area contributed by atoms with E-state index in [0.717, 1.165) is 29.8 Å². The van der Waals surface area contributed by atoms with Crippen molar-refractivity contribution < 1.29 is 9.90 Å². The summed E-state index contributed by atoms with van der Waals surface area (Å²) in [6.07, 6.45) is 3.70. The summed E-state index contributed by atoms with van der Waals surface area (Å²) < 4.78 is 0. The van der Waals surface area contributed by atoms with Crippen molar-refractivity contribution in [1.29, 1.82) is 0 Å². The van der Waals surface area contributed by atoms with Gasteiger partial charge in [0.2, 0.25) is 0 Å². The molecule has 4 nitrogen and oxygen atoms in total. The number of aryl methyl sites for hydroxylation is 2. The minimum absolute atomic E-state index is 0.124. The maximum absolute atomic E-state index is 13.3. The van der Waals surface area contributed by atoms with Crippen LogP contribution in [0.5, 0.6) is 5.75 Å². The monoisotopic (exact) mass is 428 g/mol. The predicted octanol–water partition coefficient (Wildman–Crippen LogP) is 6.33. The van der Waals surface area contributed by atoms with Gasteiger partial charge in [-0.25, -0.2) is 4.99 Å². The molecule has 1 fully saturated rings. The first kappa shape index (κ1) is 20.9. The zero-order valence-electron chi connectivity index (χ0n) is 17.6. The number of phenolic OH excluding ortho intramolecular Hbond substituents is 1. The summed E-state index contributed by atoms with van der Waals surface area (Å²) >= 11 is 1.34. The molecule has 0 unspecified atom stereocenters. The van der Waals surface area contributed by atoms with Gasteiger partial charge < -0.3 is 5.11 Å². The first-order valence-corrected chi connectivity index (χ1v) is 11.2. The minimum atomic E-state index is -0.124. The molecule has 3 aromatic rings. The largest absolute Gasteiger partial charge is 0.508 e. The fraction of sp³-hybridized carbons (Fsp3) is 0.154. The average Bonchev–Trinajstić information content (AvgIpc) is 3.09. The summed E-state index contributed by atoms with van der Waals surface area (Å²) in [5.74, 6) is 0.0447. The van der Waals surface area contributed by atoms with Gasteiger partial charge in [0.1, 0.15) is 5.75 Å². The number of thioether (sulfide) groups is 1. The molecule has 4 rings (SSSR count). The van der Waals surface area contributed by atoms with Crippen molar-refractivity contribution in [3.05, 3.63) is 94.4 Å². The topological polar surface area (TPSA) is 52.9 Å². The van der Waals surface area contributed by atoms with Gasteiger partial charge in [-0.05, 0) is 83.8 Å². The highest BCUT2D eigenvalue weighted by molar-refractivity contribution is 8.19. The molecule has 1 heterocycles. The molecule has 0 spiro atoms. The second-order valence-electron chi connectivity index (χ2n) is 7.28. The highest BCUT2D eigenvalue weighted by atomic mass is 32.2. The lowest BCUT2D eigenvalue weighted by Gasteiger charge is -2.16. The van der Waals surface area contributed by atoms with E-state index in [-0.39, 0.29) is 11.7 Å². The number of carbonyl (C=O) groups excluding carboxylic acids is 1. The molecule has 1 aliphatic heterocycles. The predicted molar refractivity (Wildman–Crippen MR) is 130 cm³/mol. The number of nitrogens with zero attached hydrogens (tertiary/aromatic N) is 2. The van der Waals surface area contributed by atoms with Crippen LogP contribution < -0.4 is 4.90 Å². The van der Waals surface area contributed by atoms with E-state index in [9.17, 15) is 9.90 Å². The summed E-state index contributed by atoms with van der Waals surface area (Å²) in [5, 5.41) is 10.4. The van der Waals surface area contributed by atoms with Gasteiger partial charge in [-0.2, -0.15) is 0 Å². The fourth-order valence-electron chi connectivity index (χ4n) is 3.34. The zero-order chi connectivity index (χ0) is 21.8. The van der Waals surface area contributed by atoms with Crippen molar-refractivity contribution in [3.63, 3.8) is 0 Å². The SMILES string of the molecule is CCc1ccc(N=C2SC(=Cc3cccc(O)c3)C(=O)N2c2ccc(CC)cc2)cc1. The third kappa shape index (κ3) is 4.72. The van der Waals surface area contributed by atoms with Crippen LogP contribution in [0.2, 0.25) is 0 Å². The maximum atomic E-state index is 13.3. The highest BCUT2D eigenvalue weighted by Crippen LogP contribution is 2.37. The number of aromatic hydroxyl groups is 1. The Balaban J connectivity index is 1.75. The Bertz CT molecular complexity index is 1150. The van der Waals surface area contributed by atoms with Crippen molar-refractivity contribution in [2.24, 2.45) is 4.99 Å². The molecule has 1 N–H and O–H groups in total. The Morgan fingerprint density at radius 2 is 1.58 bits per heavy atom. The van der Waals surface area contributed by atoms with Gasteiger partial charge in [0, 0.05) is 0 Å². The van der Waals surface area contributed by atoms with E-state index in [2.05, 4.69) is 26.0 Å². The summed E-state index contributed by atoms with van der Waals surface area (Å²) in [7, 11) is 0. The molecule has 0 aliphatic carbocycles. The van der Waals surface area contributed by atoms with Crippen molar-refractivity contribution in [1.82, 2.24) is 0 Å². The molecule has 156 valence electrons. The third-order valence-electron chi connectivity index (χ3n) is 5.15. The lowest BCUT2D eigenvalue weighted by Crippen LogP contribution is -2.28.